The van der Waals surface area contributed by atoms with Gasteiger partial charge < -0.3 is 26.0 Å². The number of rotatable bonds is 10. The maximum atomic E-state index is 13.6. The fourth-order valence-corrected chi connectivity index (χ4v) is 4.78. The smallest absolute Gasteiger partial charge is 0.255 e. The van der Waals surface area contributed by atoms with Gasteiger partial charge in [0.05, 0.1) is 0 Å². The van der Waals surface area contributed by atoms with Crippen molar-refractivity contribution < 1.29 is 13.9 Å². The third kappa shape index (κ3) is 6.63. The zero-order valence-electron chi connectivity index (χ0n) is 22.9. The van der Waals surface area contributed by atoms with E-state index in [2.05, 4.69) is 36.2 Å². The molecule has 2 aromatic heterocycles. The molecule has 11 heteroatoms. The summed E-state index contributed by atoms with van der Waals surface area (Å²) in [4.78, 5) is 26.4. The van der Waals surface area contributed by atoms with Gasteiger partial charge in [0.2, 0.25) is 5.95 Å². The molecule has 4 N–H and O–H groups in total. The molecule has 0 spiro atoms. The minimum absolute atomic E-state index is 0.0451. The van der Waals surface area contributed by atoms with Gasteiger partial charge in [0, 0.05) is 41.4 Å². The van der Waals surface area contributed by atoms with E-state index in [1.165, 1.54) is 6.33 Å². The average Bonchev–Trinajstić information content (AvgIpc) is 3.68. The highest BCUT2D eigenvalue weighted by Crippen LogP contribution is 2.28. The van der Waals surface area contributed by atoms with Crippen LogP contribution in [0.2, 0.25) is 0 Å². The van der Waals surface area contributed by atoms with Crippen LogP contribution in [0.1, 0.15) is 47.2 Å². The Morgan fingerprint density at radius 1 is 1.07 bits per heavy atom. The predicted molar refractivity (Wildman–Crippen MR) is 156 cm³/mol. The van der Waals surface area contributed by atoms with E-state index in [0.717, 1.165) is 55.8 Å². The Kier molecular flexibility index (Phi) is 7.77. The van der Waals surface area contributed by atoms with Gasteiger partial charge >= 0.3 is 0 Å². The van der Waals surface area contributed by atoms with Gasteiger partial charge in [0.15, 0.2) is 0 Å². The van der Waals surface area contributed by atoms with Gasteiger partial charge in [-0.2, -0.15) is 0 Å². The van der Waals surface area contributed by atoms with Gasteiger partial charge in [-0.25, -0.2) is 19.3 Å². The number of nitrogens with one attached hydrogen (secondary N) is 4. The lowest BCUT2D eigenvalue weighted by Crippen LogP contribution is -2.34. The maximum Gasteiger partial charge on any atom is 0.255 e. The number of aromatic nitrogens is 4. The van der Waals surface area contributed by atoms with Crippen molar-refractivity contribution in [1.29, 1.82) is 0 Å². The highest BCUT2D eigenvalue weighted by molar-refractivity contribution is 6.05. The van der Waals surface area contributed by atoms with Crippen LogP contribution in [0.4, 0.5) is 27.5 Å². The molecule has 3 heterocycles. The number of hydrogen-bond acceptors (Lipinski definition) is 8. The second-order valence-electron chi connectivity index (χ2n) is 10.5. The fraction of sp³-hybridized carbons (Fsp3) is 0.333. The summed E-state index contributed by atoms with van der Waals surface area (Å²) in [6.07, 6.45) is 9.14. The quantitative estimate of drug-likeness (QED) is 0.212. The number of alkyl halides is 1. The number of nitrogens with zero attached hydrogens (tertiary/aromatic N) is 4. The number of piperidine rings is 1. The van der Waals surface area contributed by atoms with Crippen molar-refractivity contribution in [2.75, 3.05) is 29.0 Å². The second kappa shape index (κ2) is 11.9. The van der Waals surface area contributed by atoms with Crippen LogP contribution in [0.15, 0.2) is 61.2 Å². The number of aryl methyl sites for hydroxylation is 1. The molecule has 0 atom stereocenters. The van der Waals surface area contributed by atoms with Crippen molar-refractivity contribution >= 4 is 29.0 Å². The summed E-state index contributed by atoms with van der Waals surface area (Å²) in [7, 11) is 0. The van der Waals surface area contributed by atoms with Gasteiger partial charge in [-0.05, 0) is 87.2 Å². The molecule has 0 unspecified atom stereocenters. The molecule has 1 saturated carbocycles. The number of ether oxygens (including phenoxy) is 1. The standard InChI is InChI=1S/C30H33FN8O2/c1-19-2-3-23(37-29(40)21-12-20(17-31)13-25(14-21)41-24-6-8-32-9-7-24)15-26(19)38-30-33-10-11-39(30)28-16-27(34-18-35-28)36-22-4-5-22/h2-3,10-16,18,22,24,32H,4-9,17H2,1H3,(H,33,38)(H,37,40)(H,34,35,36). The Labute approximate surface area is 237 Å². The second-order valence-corrected chi connectivity index (χ2v) is 10.5. The van der Waals surface area contributed by atoms with Crippen molar-refractivity contribution in [1.82, 2.24) is 24.8 Å². The largest absolute Gasteiger partial charge is 0.490 e. The molecule has 41 heavy (non-hydrogen) atoms. The summed E-state index contributed by atoms with van der Waals surface area (Å²) in [5.74, 6) is 2.20. The number of benzene rings is 2. The summed E-state index contributed by atoms with van der Waals surface area (Å²) in [5, 5.41) is 13.0. The van der Waals surface area contributed by atoms with Crippen LogP contribution in [-0.4, -0.2) is 50.7 Å². The molecule has 2 fully saturated rings. The first-order valence-electron chi connectivity index (χ1n) is 13.9. The molecule has 10 nitrogen and oxygen atoms in total. The maximum absolute atomic E-state index is 13.6. The Balaban J connectivity index is 1.18. The summed E-state index contributed by atoms with van der Waals surface area (Å²) < 4.78 is 21.6. The fourth-order valence-electron chi connectivity index (χ4n) is 4.78. The third-order valence-corrected chi connectivity index (χ3v) is 7.18. The van der Waals surface area contributed by atoms with Crippen LogP contribution >= 0.6 is 0 Å². The highest BCUT2D eigenvalue weighted by Gasteiger charge is 2.22. The van der Waals surface area contributed by atoms with Crippen LogP contribution in [-0.2, 0) is 6.67 Å². The van der Waals surface area contributed by atoms with Crippen LogP contribution in [0, 0.1) is 6.92 Å². The number of amides is 1. The lowest BCUT2D eigenvalue weighted by atomic mass is 10.1. The molecule has 2 aromatic carbocycles. The zero-order valence-corrected chi connectivity index (χ0v) is 22.9. The summed E-state index contributed by atoms with van der Waals surface area (Å²) in [6, 6.07) is 12.9. The summed E-state index contributed by atoms with van der Waals surface area (Å²) in [5.41, 5.74) is 3.07. The minimum Gasteiger partial charge on any atom is -0.490 e. The van der Waals surface area contributed by atoms with Gasteiger partial charge in [0.25, 0.3) is 5.91 Å². The van der Waals surface area contributed by atoms with E-state index < -0.39 is 6.67 Å². The van der Waals surface area contributed by atoms with Crippen molar-refractivity contribution in [3.8, 4) is 11.6 Å². The molecule has 6 rings (SSSR count). The van der Waals surface area contributed by atoms with E-state index in [1.54, 1.807) is 24.4 Å². The highest BCUT2D eigenvalue weighted by atomic mass is 19.1. The zero-order chi connectivity index (χ0) is 28.2. The van der Waals surface area contributed by atoms with Crippen molar-refractivity contribution in [2.45, 2.75) is 51.4 Å². The van der Waals surface area contributed by atoms with Crippen LogP contribution in [0.3, 0.4) is 0 Å². The molecule has 1 aliphatic heterocycles. The molecule has 1 saturated heterocycles. The van der Waals surface area contributed by atoms with E-state index in [4.69, 9.17) is 4.74 Å². The molecular weight excluding hydrogens is 523 g/mol. The Bertz CT molecular complexity index is 1530. The first kappa shape index (κ1) is 26.7. The monoisotopic (exact) mass is 556 g/mol. The molecule has 212 valence electrons. The molecule has 1 amide bonds. The minimum atomic E-state index is -0.681. The molecule has 4 aromatic rings. The van der Waals surface area contributed by atoms with E-state index >= 15 is 0 Å². The Hall–Kier alpha value is -4.51. The van der Waals surface area contributed by atoms with E-state index in [9.17, 15) is 9.18 Å². The van der Waals surface area contributed by atoms with E-state index in [1.807, 2.05) is 42.0 Å². The van der Waals surface area contributed by atoms with Crippen LogP contribution in [0.5, 0.6) is 5.75 Å². The lowest BCUT2D eigenvalue weighted by molar-refractivity contribution is 0.102. The summed E-state index contributed by atoms with van der Waals surface area (Å²) in [6.45, 7) is 3.04. The first-order chi connectivity index (χ1) is 20.0. The molecule has 0 radical (unpaired) electrons. The molecule has 0 bridgehead atoms. The number of anilines is 4. The molecular formula is C30H33FN8O2. The molecule has 2 aliphatic rings. The number of hydrogen-bond donors (Lipinski definition) is 4. The van der Waals surface area contributed by atoms with Crippen LogP contribution in [0.25, 0.3) is 5.82 Å². The van der Waals surface area contributed by atoms with Gasteiger partial charge in [0.1, 0.15) is 36.5 Å². The first-order valence-corrected chi connectivity index (χ1v) is 13.9. The number of halogens is 1. The topological polar surface area (TPSA) is 118 Å². The molecule has 1 aliphatic carbocycles. The number of carbonyl (C=O) groups is 1. The number of carbonyl (C=O) groups excluding carboxylic acids is 1. The van der Waals surface area contributed by atoms with Crippen molar-refractivity contribution in [2.24, 2.45) is 0 Å². The van der Waals surface area contributed by atoms with E-state index in [0.29, 0.717) is 40.4 Å². The van der Waals surface area contributed by atoms with Gasteiger partial charge in [-0.3, -0.25) is 9.36 Å². The normalized spacial score (nSPS) is 15.4. The number of imidazole rings is 1. The van der Waals surface area contributed by atoms with Gasteiger partial charge in [-0.15, -0.1) is 0 Å². The summed E-state index contributed by atoms with van der Waals surface area (Å²) >= 11 is 0. The Morgan fingerprint density at radius 2 is 1.93 bits per heavy atom. The van der Waals surface area contributed by atoms with Crippen molar-refractivity contribution in [3.63, 3.8) is 0 Å². The lowest BCUT2D eigenvalue weighted by Gasteiger charge is -2.24. The van der Waals surface area contributed by atoms with Crippen LogP contribution < -0.4 is 26.0 Å². The Morgan fingerprint density at radius 3 is 2.73 bits per heavy atom. The third-order valence-electron chi connectivity index (χ3n) is 7.18. The SMILES string of the molecule is Cc1ccc(NC(=O)c2cc(CF)cc(OC3CCNCC3)c2)cc1Nc1nccn1-c1cc(NC2CC2)ncn1. The van der Waals surface area contributed by atoms with E-state index in [-0.39, 0.29) is 12.0 Å². The van der Waals surface area contributed by atoms with Crippen molar-refractivity contribution in [3.05, 3.63) is 77.9 Å². The average molecular weight is 557 g/mol. The van der Waals surface area contributed by atoms with Gasteiger partial charge in [-0.1, -0.05) is 6.07 Å². The predicted octanol–water partition coefficient (Wildman–Crippen LogP) is 5.14.